The summed E-state index contributed by atoms with van der Waals surface area (Å²) in [6.45, 7) is 3.12. The van der Waals surface area contributed by atoms with Crippen molar-refractivity contribution in [2.75, 3.05) is 20.2 Å². The first kappa shape index (κ1) is 11.6. The third kappa shape index (κ3) is 1.87. The van der Waals surface area contributed by atoms with Crippen LogP contribution in [-0.2, 0) is 5.54 Å². The van der Waals surface area contributed by atoms with E-state index in [9.17, 15) is 0 Å². The molecule has 0 aromatic heterocycles. The van der Waals surface area contributed by atoms with Gasteiger partial charge in [0.1, 0.15) is 0 Å². The lowest BCUT2D eigenvalue weighted by Crippen LogP contribution is -2.50. The van der Waals surface area contributed by atoms with Gasteiger partial charge in [0.2, 0.25) is 0 Å². The molecule has 0 amide bonds. The first-order valence-electron chi connectivity index (χ1n) is 6.08. The van der Waals surface area contributed by atoms with E-state index in [1.807, 2.05) is 0 Å². The van der Waals surface area contributed by atoms with Gasteiger partial charge < -0.3 is 5.11 Å². The van der Waals surface area contributed by atoms with Gasteiger partial charge in [0.05, 0.1) is 6.61 Å². The fourth-order valence-electron chi connectivity index (χ4n) is 2.63. The lowest BCUT2D eigenvalue weighted by molar-refractivity contribution is 0.0223. The molecule has 0 atom stereocenters. The summed E-state index contributed by atoms with van der Waals surface area (Å²) in [7, 11) is 2.12. The van der Waals surface area contributed by atoms with Crippen LogP contribution in [0, 0.1) is 6.92 Å². The number of aliphatic hydroxyl groups is 1. The maximum absolute atomic E-state index is 9.07. The van der Waals surface area contributed by atoms with E-state index in [0.29, 0.717) is 0 Å². The number of likely N-dealkylation sites (N-methyl/N-ethyl adjacent to an activating group) is 1. The summed E-state index contributed by atoms with van der Waals surface area (Å²) in [6, 6.07) is 8.84. The van der Waals surface area contributed by atoms with Crippen molar-refractivity contribution in [3.63, 3.8) is 0 Å². The highest BCUT2D eigenvalue weighted by atomic mass is 16.3. The summed E-state index contributed by atoms with van der Waals surface area (Å²) in [5, 5.41) is 9.07. The number of aliphatic hydroxyl groups excluding tert-OH is 1. The standard InChI is InChI=1S/C14H21NO/c1-12-4-6-13(7-5-12)14(8-3-9-14)15(2)10-11-16/h4-7,16H,3,8-11H2,1-2H3. The first-order chi connectivity index (χ1) is 7.69. The van der Waals surface area contributed by atoms with Gasteiger partial charge >= 0.3 is 0 Å². The SMILES string of the molecule is Cc1ccc(C2(N(C)CCO)CCC2)cc1. The molecule has 1 aromatic carbocycles. The fraction of sp³-hybridized carbons (Fsp3) is 0.571. The Bertz CT molecular complexity index is 340. The minimum Gasteiger partial charge on any atom is -0.395 e. The van der Waals surface area contributed by atoms with Crippen molar-refractivity contribution in [3.8, 4) is 0 Å². The molecule has 2 nitrogen and oxygen atoms in total. The van der Waals surface area contributed by atoms with Crippen molar-refractivity contribution in [2.45, 2.75) is 31.7 Å². The van der Waals surface area contributed by atoms with Gasteiger partial charge in [-0.3, -0.25) is 4.90 Å². The average Bonchev–Trinajstić information content (AvgIpc) is 2.19. The molecule has 2 heteroatoms. The monoisotopic (exact) mass is 219 g/mol. The zero-order valence-electron chi connectivity index (χ0n) is 10.2. The number of hydrogen-bond donors (Lipinski definition) is 1. The normalized spacial score (nSPS) is 18.5. The molecule has 0 spiro atoms. The molecule has 1 N–H and O–H groups in total. The largest absolute Gasteiger partial charge is 0.395 e. The summed E-state index contributed by atoms with van der Waals surface area (Å²) in [6.07, 6.45) is 3.72. The summed E-state index contributed by atoms with van der Waals surface area (Å²) >= 11 is 0. The van der Waals surface area contributed by atoms with Gasteiger partial charge in [-0.2, -0.15) is 0 Å². The van der Waals surface area contributed by atoms with Gasteiger partial charge in [0.25, 0.3) is 0 Å². The van der Waals surface area contributed by atoms with Crippen molar-refractivity contribution >= 4 is 0 Å². The fourth-order valence-corrected chi connectivity index (χ4v) is 2.63. The van der Waals surface area contributed by atoms with Crippen molar-refractivity contribution in [1.82, 2.24) is 4.90 Å². The van der Waals surface area contributed by atoms with Crippen molar-refractivity contribution in [1.29, 1.82) is 0 Å². The van der Waals surface area contributed by atoms with Crippen LogP contribution >= 0.6 is 0 Å². The van der Waals surface area contributed by atoms with Gasteiger partial charge in [0.15, 0.2) is 0 Å². The van der Waals surface area contributed by atoms with Crippen LogP contribution in [0.4, 0.5) is 0 Å². The van der Waals surface area contributed by atoms with Crippen molar-refractivity contribution < 1.29 is 5.11 Å². The Morgan fingerprint density at radius 3 is 2.31 bits per heavy atom. The molecule has 0 heterocycles. The first-order valence-corrected chi connectivity index (χ1v) is 6.08. The highest BCUT2D eigenvalue weighted by molar-refractivity contribution is 5.30. The summed E-state index contributed by atoms with van der Waals surface area (Å²) in [4.78, 5) is 2.31. The predicted octanol–water partition coefficient (Wildman–Crippen LogP) is 2.30. The maximum atomic E-state index is 9.07. The zero-order valence-corrected chi connectivity index (χ0v) is 10.2. The number of aryl methyl sites for hydroxylation is 1. The van der Waals surface area contributed by atoms with Gasteiger partial charge in [-0.05, 0) is 38.8 Å². The van der Waals surface area contributed by atoms with Crippen LogP contribution in [0.1, 0.15) is 30.4 Å². The Balaban J connectivity index is 2.24. The topological polar surface area (TPSA) is 23.5 Å². The van der Waals surface area contributed by atoms with E-state index in [1.165, 1.54) is 30.4 Å². The van der Waals surface area contributed by atoms with Crippen LogP contribution in [0.3, 0.4) is 0 Å². The molecule has 1 aromatic rings. The van der Waals surface area contributed by atoms with E-state index in [0.717, 1.165) is 6.54 Å². The van der Waals surface area contributed by atoms with Crippen LogP contribution in [0.15, 0.2) is 24.3 Å². The molecule has 1 saturated carbocycles. The second-order valence-corrected chi connectivity index (χ2v) is 4.90. The average molecular weight is 219 g/mol. The Kier molecular flexibility index (Phi) is 3.31. The molecule has 2 rings (SSSR count). The molecule has 0 aliphatic heterocycles. The Morgan fingerprint density at radius 2 is 1.88 bits per heavy atom. The van der Waals surface area contributed by atoms with Gasteiger partial charge in [-0.15, -0.1) is 0 Å². The van der Waals surface area contributed by atoms with E-state index in [-0.39, 0.29) is 12.1 Å². The maximum Gasteiger partial charge on any atom is 0.0558 e. The van der Waals surface area contributed by atoms with Crippen molar-refractivity contribution in [3.05, 3.63) is 35.4 Å². The molecule has 0 saturated heterocycles. The molecule has 0 radical (unpaired) electrons. The number of benzene rings is 1. The minimum atomic E-state index is 0.191. The number of rotatable bonds is 4. The second kappa shape index (κ2) is 4.56. The van der Waals surface area contributed by atoms with E-state index in [4.69, 9.17) is 5.11 Å². The molecular weight excluding hydrogens is 198 g/mol. The zero-order chi connectivity index (χ0) is 11.6. The van der Waals surface area contributed by atoms with E-state index in [2.05, 4.69) is 43.1 Å². The molecule has 16 heavy (non-hydrogen) atoms. The van der Waals surface area contributed by atoms with E-state index in [1.54, 1.807) is 0 Å². The highest BCUT2D eigenvalue weighted by Gasteiger charge is 2.41. The number of nitrogens with zero attached hydrogens (tertiary/aromatic N) is 1. The third-order valence-electron chi connectivity index (χ3n) is 3.94. The summed E-state index contributed by atoms with van der Waals surface area (Å²) in [5.74, 6) is 0. The molecule has 1 fully saturated rings. The van der Waals surface area contributed by atoms with E-state index >= 15 is 0 Å². The molecule has 0 bridgehead atoms. The highest BCUT2D eigenvalue weighted by Crippen LogP contribution is 2.45. The van der Waals surface area contributed by atoms with Crippen LogP contribution in [0.5, 0.6) is 0 Å². The predicted molar refractivity (Wildman–Crippen MR) is 66.4 cm³/mol. The van der Waals surface area contributed by atoms with Crippen LogP contribution < -0.4 is 0 Å². The summed E-state index contributed by atoms with van der Waals surface area (Å²) in [5.41, 5.74) is 2.90. The van der Waals surface area contributed by atoms with E-state index < -0.39 is 0 Å². The smallest absolute Gasteiger partial charge is 0.0558 e. The molecule has 88 valence electrons. The van der Waals surface area contributed by atoms with Crippen LogP contribution in [0.25, 0.3) is 0 Å². The molecular formula is C14H21NO. The lowest BCUT2D eigenvalue weighted by Gasteiger charge is -2.49. The van der Waals surface area contributed by atoms with Crippen LogP contribution in [-0.4, -0.2) is 30.2 Å². The molecule has 1 aliphatic carbocycles. The lowest BCUT2D eigenvalue weighted by atomic mass is 9.70. The molecule has 0 unspecified atom stereocenters. The summed E-state index contributed by atoms with van der Waals surface area (Å²) < 4.78 is 0. The van der Waals surface area contributed by atoms with Crippen molar-refractivity contribution in [2.24, 2.45) is 0 Å². The van der Waals surface area contributed by atoms with Crippen LogP contribution in [0.2, 0.25) is 0 Å². The Morgan fingerprint density at radius 1 is 1.25 bits per heavy atom. The van der Waals surface area contributed by atoms with Gasteiger partial charge in [-0.1, -0.05) is 29.8 Å². The third-order valence-corrected chi connectivity index (χ3v) is 3.94. The quantitative estimate of drug-likeness (QED) is 0.840. The van der Waals surface area contributed by atoms with Gasteiger partial charge in [-0.25, -0.2) is 0 Å². The second-order valence-electron chi connectivity index (χ2n) is 4.90. The number of hydrogen-bond acceptors (Lipinski definition) is 2. The van der Waals surface area contributed by atoms with Gasteiger partial charge in [0, 0.05) is 12.1 Å². The Hall–Kier alpha value is -0.860. The molecule has 1 aliphatic rings. The Labute approximate surface area is 97.9 Å². The minimum absolute atomic E-state index is 0.191.